The molecule has 10 nitrogen and oxygen atoms in total. The van der Waals surface area contributed by atoms with Gasteiger partial charge in [0.15, 0.2) is 11.4 Å². The Labute approximate surface area is 167 Å². The molecule has 0 bridgehead atoms. The number of para-hydroxylation sites is 2. The first-order valence-corrected chi connectivity index (χ1v) is 9.53. The number of benzene rings is 1. The van der Waals surface area contributed by atoms with Gasteiger partial charge in [0.05, 0.1) is 12.1 Å². The Morgan fingerprint density at radius 1 is 1.17 bits per heavy atom. The number of nitrogens with one attached hydrogen (secondary N) is 1. The molecule has 2 aromatic heterocycles. The summed E-state index contributed by atoms with van der Waals surface area (Å²) in [4.78, 5) is 41.8. The number of carbonyl (C=O) groups excluding carboxylic acids is 1. The van der Waals surface area contributed by atoms with Crippen molar-refractivity contribution in [2.45, 2.75) is 25.9 Å². The highest BCUT2D eigenvalue weighted by molar-refractivity contribution is 5.79. The fourth-order valence-corrected chi connectivity index (χ4v) is 3.27. The molecule has 1 N–H and O–H groups in total. The van der Waals surface area contributed by atoms with Crippen LogP contribution in [0.5, 0.6) is 0 Å². The summed E-state index contributed by atoms with van der Waals surface area (Å²) in [6, 6.07) is 7.00. The molecule has 1 aromatic carbocycles. The molecule has 3 heterocycles. The smallest absolute Gasteiger partial charge is 0.408 e. The van der Waals surface area contributed by atoms with Crippen molar-refractivity contribution in [1.29, 1.82) is 0 Å². The molecule has 0 aliphatic carbocycles. The van der Waals surface area contributed by atoms with Crippen molar-refractivity contribution in [2.24, 2.45) is 0 Å². The molecule has 3 aromatic rings. The van der Waals surface area contributed by atoms with Crippen molar-refractivity contribution in [3.63, 3.8) is 0 Å². The van der Waals surface area contributed by atoms with Gasteiger partial charge in [0, 0.05) is 27.2 Å². The fraction of sp³-hybridized carbons (Fsp3) is 0.421. The summed E-state index contributed by atoms with van der Waals surface area (Å²) in [6.07, 6.45) is 2.23. The molecule has 0 radical (unpaired) electrons. The number of anilines is 2. The summed E-state index contributed by atoms with van der Waals surface area (Å²) in [5.74, 6) is 0.759. The van der Waals surface area contributed by atoms with Crippen LogP contribution in [0.2, 0.25) is 0 Å². The van der Waals surface area contributed by atoms with Crippen LogP contribution in [0.25, 0.3) is 11.1 Å². The van der Waals surface area contributed by atoms with E-state index in [-0.39, 0.29) is 19.0 Å². The van der Waals surface area contributed by atoms with Gasteiger partial charge in [-0.25, -0.2) is 4.79 Å². The van der Waals surface area contributed by atoms with Crippen LogP contribution in [0.4, 0.5) is 11.9 Å². The number of rotatable bonds is 6. The largest absolute Gasteiger partial charge is 0.420 e. The lowest BCUT2D eigenvalue weighted by molar-refractivity contribution is -0.121. The van der Waals surface area contributed by atoms with Crippen molar-refractivity contribution in [3.8, 4) is 0 Å². The molecule has 10 heteroatoms. The van der Waals surface area contributed by atoms with E-state index in [0.29, 0.717) is 28.8 Å². The van der Waals surface area contributed by atoms with E-state index in [1.807, 2.05) is 19.0 Å². The maximum atomic E-state index is 12.4. The minimum Gasteiger partial charge on any atom is -0.408 e. The molecule has 0 spiro atoms. The molecule has 4 rings (SSSR count). The number of fused-ring (bicyclic) bond motifs is 1. The number of hydrogen-bond donors (Lipinski definition) is 1. The minimum atomic E-state index is -0.562. The van der Waals surface area contributed by atoms with E-state index in [1.54, 1.807) is 24.3 Å². The molecule has 0 unspecified atom stereocenters. The van der Waals surface area contributed by atoms with Crippen LogP contribution in [-0.2, 0) is 17.9 Å². The maximum absolute atomic E-state index is 12.4. The van der Waals surface area contributed by atoms with Crippen LogP contribution in [0, 0.1) is 0 Å². The second kappa shape index (κ2) is 7.90. The predicted octanol–water partition coefficient (Wildman–Crippen LogP) is 0.762. The third-order valence-corrected chi connectivity index (χ3v) is 4.77. The van der Waals surface area contributed by atoms with Gasteiger partial charge in [-0.15, -0.1) is 0 Å². The number of carbonyl (C=O) groups is 1. The van der Waals surface area contributed by atoms with Crippen molar-refractivity contribution in [3.05, 3.63) is 40.6 Å². The monoisotopic (exact) mass is 397 g/mol. The zero-order valence-electron chi connectivity index (χ0n) is 16.5. The number of amides is 1. The lowest BCUT2D eigenvalue weighted by Gasteiger charge is -2.19. The summed E-state index contributed by atoms with van der Waals surface area (Å²) in [7, 11) is 3.73. The summed E-state index contributed by atoms with van der Waals surface area (Å²) in [5, 5.41) is 2.78. The quantitative estimate of drug-likeness (QED) is 0.649. The van der Waals surface area contributed by atoms with Crippen LogP contribution < -0.4 is 20.9 Å². The van der Waals surface area contributed by atoms with Crippen LogP contribution >= 0.6 is 0 Å². The normalized spacial score (nSPS) is 13.8. The number of oxazole rings is 1. The molecule has 1 aliphatic rings. The van der Waals surface area contributed by atoms with E-state index in [9.17, 15) is 9.59 Å². The topological polar surface area (TPSA) is 109 Å². The molecule has 1 amide bonds. The fourth-order valence-electron chi connectivity index (χ4n) is 3.27. The van der Waals surface area contributed by atoms with E-state index < -0.39 is 5.76 Å². The number of aromatic nitrogens is 4. The van der Waals surface area contributed by atoms with Gasteiger partial charge >= 0.3 is 5.76 Å². The zero-order chi connectivity index (χ0) is 20.4. The van der Waals surface area contributed by atoms with Gasteiger partial charge in [0.25, 0.3) is 0 Å². The first-order chi connectivity index (χ1) is 14.0. The van der Waals surface area contributed by atoms with Gasteiger partial charge in [-0.2, -0.15) is 15.0 Å². The lowest BCUT2D eigenvalue weighted by Crippen LogP contribution is -2.31. The second-order valence-corrected chi connectivity index (χ2v) is 7.14. The molecule has 0 atom stereocenters. The lowest BCUT2D eigenvalue weighted by atomic mass is 10.3. The third kappa shape index (κ3) is 4.05. The minimum absolute atomic E-state index is 0.138. The number of hydrogen-bond acceptors (Lipinski definition) is 8. The standard InChI is InChI=1S/C19H23N7O3/c1-24(2)17-21-15(22-18(23-17)25-9-5-6-10-25)11-20-16(27)12-26-13-7-3-4-8-14(13)29-19(26)28/h3-4,7-8H,5-6,9-12H2,1-2H3,(H,20,27). The van der Waals surface area contributed by atoms with E-state index in [2.05, 4.69) is 25.2 Å². The molecular weight excluding hydrogens is 374 g/mol. The Balaban J connectivity index is 1.48. The molecule has 152 valence electrons. The van der Waals surface area contributed by atoms with Gasteiger partial charge in [-0.1, -0.05) is 12.1 Å². The van der Waals surface area contributed by atoms with Gasteiger partial charge < -0.3 is 19.5 Å². The highest BCUT2D eigenvalue weighted by Crippen LogP contribution is 2.18. The molecule has 0 saturated carbocycles. The number of nitrogens with zero attached hydrogens (tertiary/aromatic N) is 6. The first-order valence-electron chi connectivity index (χ1n) is 9.53. The predicted molar refractivity (Wildman–Crippen MR) is 108 cm³/mol. The van der Waals surface area contributed by atoms with E-state index in [1.165, 1.54) is 4.57 Å². The molecule has 1 fully saturated rings. The summed E-state index contributed by atoms with van der Waals surface area (Å²) in [6.45, 7) is 1.84. The Morgan fingerprint density at radius 2 is 1.93 bits per heavy atom. The van der Waals surface area contributed by atoms with Gasteiger partial charge in [-0.3, -0.25) is 9.36 Å². The third-order valence-electron chi connectivity index (χ3n) is 4.77. The van der Waals surface area contributed by atoms with Gasteiger partial charge in [0.2, 0.25) is 17.8 Å². The van der Waals surface area contributed by atoms with Crippen molar-refractivity contribution in [1.82, 2.24) is 24.8 Å². The van der Waals surface area contributed by atoms with Crippen LogP contribution in [0.3, 0.4) is 0 Å². The van der Waals surface area contributed by atoms with E-state index in [4.69, 9.17) is 4.42 Å². The van der Waals surface area contributed by atoms with Crippen molar-refractivity contribution in [2.75, 3.05) is 37.0 Å². The first kappa shape index (κ1) is 18.9. The summed E-state index contributed by atoms with van der Waals surface area (Å²) >= 11 is 0. The SMILES string of the molecule is CN(C)c1nc(CNC(=O)Cn2c(=O)oc3ccccc32)nc(N2CCCC2)n1. The highest BCUT2D eigenvalue weighted by atomic mass is 16.4. The molecule has 1 aliphatic heterocycles. The van der Waals surface area contributed by atoms with Gasteiger partial charge in [-0.05, 0) is 25.0 Å². The van der Waals surface area contributed by atoms with E-state index in [0.717, 1.165) is 25.9 Å². The molecule has 29 heavy (non-hydrogen) atoms. The summed E-state index contributed by atoms with van der Waals surface area (Å²) < 4.78 is 6.47. The Kier molecular flexibility index (Phi) is 5.15. The van der Waals surface area contributed by atoms with Crippen LogP contribution in [0.15, 0.2) is 33.5 Å². The average Bonchev–Trinajstić information content (AvgIpc) is 3.35. The zero-order valence-corrected chi connectivity index (χ0v) is 16.5. The highest BCUT2D eigenvalue weighted by Gasteiger charge is 2.18. The maximum Gasteiger partial charge on any atom is 0.420 e. The van der Waals surface area contributed by atoms with E-state index >= 15 is 0 Å². The Morgan fingerprint density at radius 3 is 2.69 bits per heavy atom. The van der Waals surface area contributed by atoms with Crippen LogP contribution in [-0.4, -0.2) is 52.6 Å². The Hall–Kier alpha value is -3.43. The Bertz CT molecular complexity index is 1080. The van der Waals surface area contributed by atoms with Crippen LogP contribution in [0.1, 0.15) is 18.7 Å². The van der Waals surface area contributed by atoms with Gasteiger partial charge in [0.1, 0.15) is 6.54 Å². The average molecular weight is 397 g/mol. The molecular formula is C19H23N7O3. The van der Waals surface area contributed by atoms with Crippen molar-refractivity contribution < 1.29 is 9.21 Å². The second-order valence-electron chi connectivity index (χ2n) is 7.14. The molecule has 1 saturated heterocycles. The summed E-state index contributed by atoms with van der Waals surface area (Å²) in [5.41, 5.74) is 1.03. The van der Waals surface area contributed by atoms with Crippen molar-refractivity contribution >= 4 is 28.9 Å².